The van der Waals surface area contributed by atoms with Gasteiger partial charge in [-0.15, -0.1) is 0 Å². The van der Waals surface area contributed by atoms with E-state index in [9.17, 15) is 9.90 Å². The van der Waals surface area contributed by atoms with Gasteiger partial charge in [-0.1, -0.05) is 19.3 Å². The average molecular weight is 298 g/mol. The molecule has 0 aromatic carbocycles. The van der Waals surface area contributed by atoms with Crippen molar-refractivity contribution in [2.75, 3.05) is 20.1 Å². The summed E-state index contributed by atoms with van der Waals surface area (Å²) in [6.07, 6.45) is 8.50. The highest BCUT2D eigenvalue weighted by atomic mass is 16.4. The zero-order valence-corrected chi connectivity index (χ0v) is 14.3. The number of hydrogen-bond donors (Lipinski definition) is 2. The minimum atomic E-state index is -0.806. The van der Waals surface area contributed by atoms with E-state index in [0.717, 1.165) is 18.9 Å². The van der Waals surface area contributed by atoms with Crippen molar-refractivity contribution in [3.05, 3.63) is 0 Å². The summed E-state index contributed by atoms with van der Waals surface area (Å²) in [6, 6.07) is 0.186. The minimum absolute atomic E-state index is 0.186. The molecule has 0 aliphatic heterocycles. The molecule has 0 spiro atoms. The number of aliphatic carboxylic acids is 1. The minimum Gasteiger partial charge on any atom is -0.480 e. The molecule has 4 nitrogen and oxygen atoms in total. The summed E-state index contributed by atoms with van der Waals surface area (Å²) in [4.78, 5) is 13.9. The van der Waals surface area contributed by atoms with E-state index in [1.54, 1.807) is 6.92 Å². The third-order valence-corrected chi connectivity index (χ3v) is 4.59. The lowest BCUT2D eigenvalue weighted by atomic mass is 9.89. The number of rotatable bonds is 9. The molecule has 0 amide bonds. The van der Waals surface area contributed by atoms with Crippen LogP contribution in [-0.4, -0.2) is 47.7 Å². The van der Waals surface area contributed by atoms with Crippen LogP contribution in [0.4, 0.5) is 0 Å². The Hall–Kier alpha value is -0.610. The van der Waals surface area contributed by atoms with Crippen LogP contribution in [0.2, 0.25) is 0 Å². The van der Waals surface area contributed by atoms with Crippen LogP contribution in [0.3, 0.4) is 0 Å². The maximum atomic E-state index is 11.5. The second kappa shape index (κ2) is 8.74. The molecule has 2 N–H and O–H groups in total. The predicted octanol–water partition coefficient (Wildman–Crippen LogP) is 3.12. The Labute approximate surface area is 130 Å². The summed E-state index contributed by atoms with van der Waals surface area (Å²) in [6.45, 7) is 7.95. The summed E-state index contributed by atoms with van der Waals surface area (Å²) >= 11 is 0. The van der Waals surface area contributed by atoms with Crippen molar-refractivity contribution in [1.29, 1.82) is 0 Å². The van der Waals surface area contributed by atoms with Crippen molar-refractivity contribution in [1.82, 2.24) is 10.2 Å². The van der Waals surface area contributed by atoms with Gasteiger partial charge < -0.3 is 10.0 Å². The first kappa shape index (κ1) is 18.4. The maximum absolute atomic E-state index is 11.5. The molecule has 1 aliphatic carbocycles. The van der Waals surface area contributed by atoms with Gasteiger partial charge in [0, 0.05) is 12.6 Å². The second-order valence-electron chi connectivity index (χ2n) is 7.31. The van der Waals surface area contributed by atoms with E-state index >= 15 is 0 Å². The Bertz CT molecular complexity index is 314. The molecule has 0 heterocycles. The molecule has 0 aromatic rings. The highest BCUT2D eigenvalue weighted by molar-refractivity contribution is 5.78. The normalized spacial score (nSPS) is 19.9. The number of carboxylic acid groups (broad SMARTS) is 1. The van der Waals surface area contributed by atoms with Gasteiger partial charge in [0.15, 0.2) is 0 Å². The number of carboxylic acids is 1. The fourth-order valence-electron chi connectivity index (χ4n) is 3.48. The van der Waals surface area contributed by atoms with Gasteiger partial charge in [-0.3, -0.25) is 10.1 Å². The third-order valence-electron chi connectivity index (χ3n) is 4.59. The predicted molar refractivity (Wildman–Crippen MR) is 87.6 cm³/mol. The smallest absolute Gasteiger partial charge is 0.323 e. The molecular weight excluding hydrogens is 264 g/mol. The van der Waals surface area contributed by atoms with Crippen molar-refractivity contribution in [3.63, 3.8) is 0 Å². The molecule has 4 heteroatoms. The number of hydrogen-bond acceptors (Lipinski definition) is 3. The fourth-order valence-corrected chi connectivity index (χ4v) is 3.48. The number of nitrogens with zero attached hydrogens (tertiary/aromatic N) is 1. The van der Waals surface area contributed by atoms with Crippen LogP contribution in [-0.2, 0) is 4.79 Å². The van der Waals surface area contributed by atoms with E-state index in [1.165, 1.54) is 38.6 Å². The molecular formula is C17H34N2O2. The van der Waals surface area contributed by atoms with Crippen LogP contribution < -0.4 is 5.32 Å². The fraction of sp³-hybridized carbons (Fsp3) is 0.941. The van der Waals surface area contributed by atoms with Gasteiger partial charge in [0.05, 0.1) is 0 Å². The van der Waals surface area contributed by atoms with Crippen LogP contribution in [0.5, 0.6) is 0 Å². The maximum Gasteiger partial charge on any atom is 0.323 e. The van der Waals surface area contributed by atoms with E-state index in [0.29, 0.717) is 6.42 Å². The standard InChI is InChI=1S/C17H34N2O2/c1-14(2)18-17(3,16(20)21)11-8-12-19(4)13-15-9-6-5-7-10-15/h14-15,18H,5-13H2,1-4H3,(H,20,21). The third kappa shape index (κ3) is 6.79. The highest BCUT2D eigenvalue weighted by Gasteiger charge is 2.32. The second-order valence-corrected chi connectivity index (χ2v) is 7.31. The van der Waals surface area contributed by atoms with Crippen molar-refractivity contribution in [2.45, 2.75) is 77.3 Å². The number of carbonyl (C=O) groups is 1. The summed E-state index contributed by atoms with van der Waals surface area (Å²) in [7, 11) is 2.17. The number of nitrogens with one attached hydrogen (secondary N) is 1. The van der Waals surface area contributed by atoms with Crippen molar-refractivity contribution in [3.8, 4) is 0 Å². The molecule has 0 bridgehead atoms. The molecule has 1 rings (SSSR count). The first-order valence-corrected chi connectivity index (χ1v) is 8.53. The van der Waals surface area contributed by atoms with Crippen molar-refractivity contribution in [2.24, 2.45) is 5.92 Å². The zero-order chi connectivity index (χ0) is 15.9. The van der Waals surface area contributed by atoms with E-state index < -0.39 is 11.5 Å². The molecule has 1 atom stereocenters. The summed E-state index contributed by atoms with van der Waals surface area (Å²) in [5.74, 6) is 0.106. The molecule has 0 saturated heterocycles. The molecule has 1 saturated carbocycles. The van der Waals surface area contributed by atoms with Gasteiger partial charge in [-0.25, -0.2) is 0 Å². The van der Waals surface area contributed by atoms with Gasteiger partial charge in [-0.2, -0.15) is 0 Å². The molecule has 0 radical (unpaired) electrons. The zero-order valence-electron chi connectivity index (χ0n) is 14.3. The molecule has 1 aliphatic rings. The van der Waals surface area contributed by atoms with Gasteiger partial charge in [-0.05, 0) is 66.0 Å². The Morgan fingerprint density at radius 1 is 1.33 bits per heavy atom. The van der Waals surface area contributed by atoms with Crippen molar-refractivity contribution >= 4 is 5.97 Å². The van der Waals surface area contributed by atoms with Gasteiger partial charge in [0.2, 0.25) is 0 Å². The van der Waals surface area contributed by atoms with E-state index in [1.807, 2.05) is 13.8 Å². The average Bonchev–Trinajstić information content (AvgIpc) is 2.38. The van der Waals surface area contributed by atoms with Crippen LogP contribution in [0.15, 0.2) is 0 Å². The largest absolute Gasteiger partial charge is 0.480 e. The molecule has 1 fully saturated rings. The lowest BCUT2D eigenvalue weighted by Crippen LogP contribution is -2.52. The van der Waals surface area contributed by atoms with E-state index in [2.05, 4.69) is 17.3 Å². The Morgan fingerprint density at radius 2 is 1.95 bits per heavy atom. The lowest BCUT2D eigenvalue weighted by Gasteiger charge is -2.30. The summed E-state index contributed by atoms with van der Waals surface area (Å²) in [5, 5.41) is 12.6. The molecule has 0 aromatic heterocycles. The first-order valence-electron chi connectivity index (χ1n) is 8.53. The Kier molecular flexibility index (Phi) is 7.67. The van der Waals surface area contributed by atoms with Gasteiger partial charge in [0.25, 0.3) is 0 Å². The quantitative estimate of drug-likeness (QED) is 0.687. The Balaban J connectivity index is 2.30. The molecule has 1 unspecified atom stereocenters. The van der Waals surface area contributed by atoms with Gasteiger partial charge in [0.1, 0.15) is 5.54 Å². The topological polar surface area (TPSA) is 52.6 Å². The molecule has 124 valence electrons. The van der Waals surface area contributed by atoms with Crippen LogP contribution in [0.1, 0.15) is 65.7 Å². The monoisotopic (exact) mass is 298 g/mol. The van der Waals surface area contributed by atoms with Crippen molar-refractivity contribution < 1.29 is 9.90 Å². The summed E-state index contributed by atoms with van der Waals surface area (Å²) < 4.78 is 0. The van der Waals surface area contributed by atoms with Crippen LogP contribution in [0.25, 0.3) is 0 Å². The SMILES string of the molecule is CC(C)NC(C)(CCCN(C)CC1CCCCC1)C(=O)O. The van der Waals surface area contributed by atoms with E-state index in [-0.39, 0.29) is 6.04 Å². The van der Waals surface area contributed by atoms with E-state index in [4.69, 9.17) is 0 Å². The summed E-state index contributed by atoms with van der Waals surface area (Å²) in [5.41, 5.74) is -0.806. The molecule has 21 heavy (non-hydrogen) atoms. The highest BCUT2D eigenvalue weighted by Crippen LogP contribution is 2.24. The Morgan fingerprint density at radius 3 is 2.48 bits per heavy atom. The lowest BCUT2D eigenvalue weighted by molar-refractivity contribution is -0.144. The van der Waals surface area contributed by atoms with Gasteiger partial charge >= 0.3 is 5.97 Å². The van der Waals surface area contributed by atoms with Crippen LogP contribution >= 0.6 is 0 Å². The van der Waals surface area contributed by atoms with Crippen LogP contribution in [0, 0.1) is 5.92 Å². The first-order chi connectivity index (χ1) is 9.83.